The Morgan fingerprint density at radius 1 is 1.00 bits per heavy atom. The van der Waals surface area contributed by atoms with Crippen LogP contribution in [0.2, 0.25) is 0 Å². The van der Waals surface area contributed by atoms with Crippen molar-refractivity contribution in [3.63, 3.8) is 0 Å². The first kappa shape index (κ1) is 12.0. The van der Waals surface area contributed by atoms with Crippen LogP contribution in [0.4, 0.5) is 0 Å². The van der Waals surface area contributed by atoms with Gasteiger partial charge in [0.05, 0.1) is 0 Å². The summed E-state index contributed by atoms with van der Waals surface area (Å²) in [5, 5.41) is 0. The lowest BCUT2D eigenvalue weighted by atomic mass is 10.2. The summed E-state index contributed by atoms with van der Waals surface area (Å²) in [5.41, 5.74) is 1.32. The van der Waals surface area contributed by atoms with E-state index in [9.17, 15) is 0 Å². The molecule has 0 aromatic heterocycles. The summed E-state index contributed by atoms with van der Waals surface area (Å²) >= 11 is 0. The van der Waals surface area contributed by atoms with Crippen LogP contribution < -0.4 is 0 Å². The minimum atomic E-state index is 0. The van der Waals surface area contributed by atoms with E-state index in [1.54, 1.807) is 0 Å². The molecule has 0 atom stereocenters. The van der Waals surface area contributed by atoms with E-state index in [1.165, 1.54) is 5.56 Å². The first-order chi connectivity index (χ1) is 4.39. The molecule has 0 radical (unpaired) electrons. The summed E-state index contributed by atoms with van der Waals surface area (Å²) < 4.78 is 0. The summed E-state index contributed by atoms with van der Waals surface area (Å²) in [7, 11) is 0. The lowest BCUT2D eigenvalue weighted by molar-refractivity contribution is 1.48. The quantitative estimate of drug-likeness (QED) is 0.563. The standard InChI is InChI=1S/C7H8.C2H2.BrH/c1-7-5-3-2-4-6-7;1-2;/h2-6H,1H3;1-2H;1H. The zero-order chi connectivity index (χ0) is 7.11. The van der Waals surface area contributed by atoms with Gasteiger partial charge in [0, 0.05) is 0 Å². The Hall–Kier alpha value is -0.740. The highest BCUT2D eigenvalue weighted by Crippen LogP contribution is 1.92. The second kappa shape index (κ2) is 8.26. The van der Waals surface area contributed by atoms with Crippen LogP contribution in [0, 0.1) is 19.8 Å². The normalized spacial score (nSPS) is 6.30. The van der Waals surface area contributed by atoms with E-state index < -0.39 is 0 Å². The van der Waals surface area contributed by atoms with Gasteiger partial charge in [-0.05, 0) is 6.92 Å². The van der Waals surface area contributed by atoms with Crippen molar-refractivity contribution in [1.82, 2.24) is 0 Å². The highest BCUT2D eigenvalue weighted by Gasteiger charge is 1.72. The molecular weight excluding hydrogens is 188 g/mol. The van der Waals surface area contributed by atoms with Gasteiger partial charge in [0.25, 0.3) is 0 Å². The van der Waals surface area contributed by atoms with Crippen LogP contribution >= 0.6 is 17.0 Å². The molecule has 0 fully saturated rings. The largest absolute Gasteiger partial charge is 0.124 e. The van der Waals surface area contributed by atoms with E-state index in [0.29, 0.717) is 0 Å². The highest BCUT2D eigenvalue weighted by molar-refractivity contribution is 8.93. The Bertz CT molecular complexity index is 165. The monoisotopic (exact) mass is 198 g/mol. The van der Waals surface area contributed by atoms with Crippen molar-refractivity contribution in [2.24, 2.45) is 0 Å². The molecule has 0 aliphatic heterocycles. The third-order valence-corrected chi connectivity index (χ3v) is 0.940. The van der Waals surface area contributed by atoms with Gasteiger partial charge in [-0.1, -0.05) is 35.9 Å². The van der Waals surface area contributed by atoms with Crippen LogP contribution in [0.15, 0.2) is 30.3 Å². The molecule has 0 nitrogen and oxygen atoms in total. The molecule has 0 spiro atoms. The molecule has 0 heterocycles. The number of hydrogen-bond donors (Lipinski definition) is 0. The van der Waals surface area contributed by atoms with Crippen molar-refractivity contribution >= 4 is 17.0 Å². The highest BCUT2D eigenvalue weighted by atomic mass is 79.9. The molecule has 0 aliphatic rings. The first-order valence-electron chi connectivity index (χ1n) is 2.74. The van der Waals surface area contributed by atoms with E-state index in [-0.39, 0.29) is 17.0 Å². The van der Waals surface area contributed by atoms with Crippen LogP contribution in [-0.4, -0.2) is 0 Å². The SMILES string of the molecule is Br.C#C.Cc1ccccc1. The van der Waals surface area contributed by atoms with Crippen LogP contribution in [0.5, 0.6) is 0 Å². The molecule has 0 saturated carbocycles. The second-order valence-electron chi connectivity index (χ2n) is 1.65. The van der Waals surface area contributed by atoms with Gasteiger partial charge in [0.15, 0.2) is 0 Å². The fourth-order valence-electron chi connectivity index (χ4n) is 0.534. The number of hydrogen-bond acceptors (Lipinski definition) is 0. The Labute approximate surface area is 73.0 Å². The fraction of sp³-hybridized carbons (Fsp3) is 0.111. The maximum atomic E-state index is 4.00. The molecule has 0 unspecified atom stereocenters. The first-order valence-corrected chi connectivity index (χ1v) is 2.74. The van der Waals surface area contributed by atoms with E-state index in [2.05, 4.69) is 31.9 Å². The third kappa shape index (κ3) is 5.40. The van der Waals surface area contributed by atoms with Crippen LogP contribution in [0.25, 0.3) is 0 Å². The Morgan fingerprint density at radius 2 is 1.40 bits per heavy atom. The molecular formula is C9H11Br. The zero-order valence-corrected chi connectivity index (χ0v) is 7.66. The summed E-state index contributed by atoms with van der Waals surface area (Å²) in [5.74, 6) is 0. The van der Waals surface area contributed by atoms with E-state index >= 15 is 0 Å². The van der Waals surface area contributed by atoms with Gasteiger partial charge in [0.1, 0.15) is 0 Å². The van der Waals surface area contributed by atoms with Gasteiger partial charge < -0.3 is 0 Å². The molecule has 54 valence electrons. The van der Waals surface area contributed by atoms with Gasteiger partial charge in [0.2, 0.25) is 0 Å². The molecule has 1 heteroatoms. The maximum absolute atomic E-state index is 4.00. The molecule has 10 heavy (non-hydrogen) atoms. The van der Waals surface area contributed by atoms with Gasteiger partial charge in [-0.25, -0.2) is 0 Å². The fourth-order valence-corrected chi connectivity index (χ4v) is 0.534. The molecule has 1 aromatic rings. The minimum absolute atomic E-state index is 0. The van der Waals surface area contributed by atoms with Crippen molar-refractivity contribution < 1.29 is 0 Å². The average molecular weight is 199 g/mol. The molecule has 1 rings (SSSR count). The maximum Gasteiger partial charge on any atom is -0.0398 e. The third-order valence-electron chi connectivity index (χ3n) is 0.940. The minimum Gasteiger partial charge on any atom is -0.124 e. The van der Waals surface area contributed by atoms with E-state index in [1.807, 2.05) is 18.2 Å². The molecule has 0 aliphatic carbocycles. The van der Waals surface area contributed by atoms with Crippen LogP contribution in [-0.2, 0) is 0 Å². The van der Waals surface area contributed by atoms with Crippen LogP contribution in [0.3, 0.4) is 0 Å². The van der Waals surface area contributed by atoms with Crippen LogP contribution in [0.1, 0.15) is 5.56 Å². The van der Waals surface area contributed by atoms with Gasteiger partial charge in [-0.3, -0.25) is 0 Å². The zero-order valence-electron chi connectivity index (χ0n) is 5.95. The molecule has 0 bridgehead atoms. The summed E-state index contributed by atoms with van der Waals surface area (Å²) in [4.78, 5) is 0. The van der Waals surface area contributed by atoms with Crippen molar-refractivity contribution in [1.29, 1.82) is 0 Å². The molecule has 0 N–H and O–H groups in total. The predicted octanol–water partition coefficient (Wildman–Crippen LogP) is 2.82. The number of rotatable bonds is 0. The van der Waals surface area contributed by atoms with Crippen molar-refractivity contribution in [2.75, 3.05) is 0 Å². The number of halogens is 1. The lowest BCUT2D eigenvalue weighted by Gasteiger charge is -1.82. The van der Waals surface area contributed by atoms with Gasteiger partial charge >= 0.3 is 0 Å². The lowest BCUT2D eigenvalue weighted by Crippen LogP contribution is -1.62. The topological polar surface area (TPSA) is 0 Å². The number of terminal acetylenes is 1. The van der Waals surface area contributed by atoms with E-state index in [4.69, 9.17) is 0 Å². The van der Waals surface area contributed by atoms with Crippen molar-refractivity contribution in [3.05, 3.63) is 35.9 Å². The summed E-state index contributed by atoms with van der Waals surface area (Å²) in [6, 6.07) is 10.3. The predicted molar refractivity (Wildman–Crippen MR) is 51.4 cm³/mol. The second-order valence-corrected chi connectivity index (χ2v) is 1.65. The summed E-state index contributed by atoms with van der Waals surface area (Å²) in [6.45, 7) is 2.08. The number of aryl methyl sites for hydroxylation is 1. The smallest absolute Gasteiger partial charge is 0.0398 e. The van der Waals surface area contributed by atoms with Gasteiger partial charge in [-0.15, -0.1) is 29.8 Å². The van der Waals surface area contributed by atoms with E-state index in [0.717, 1.165) is 0 Å². The Balaban J connectivity index is 0. The van der Waals surface area contributed by atoms with Crippen molar-refractivity contribution in [2.45, 2.75) is 6.92 Å². The molecule has 0 amide bonds. The average Bonchev–Trinajstić information content (AvgIpc) is 1.94. The molecule has 0 saturated heterocycles. The molecule has 1 aromatic carbocycles. The number of benzene rings is 1. The van der Waals surface area contributed by atoms with Crippen molar-refractivity contribution in [3.8, 4) is 12.8 Å². The Morgan fingerprint density at radius 3 is 1.60 bits per heavy atom. The Kier molecular flexibility index (Phi) is 9.90. The summed E-state index contributed by atoms with van der Waals surface area (Å²) in [6.07, 6.45) is 8.00. The van der Waals surface area contributed by atoms with Gasteiger partial charge in [-0.2, -0.15) is 0 Å².